The highest BCUT2D eigenvalue weighted by atomic mass is 19.2. The summed E-state index contributed by atoms with van der Waals surface area (Å²) in [5.74, 6) is -1.63. The van der Waals surface area contributed by atoms with E-state index in [0.29, 0.717) is 5.69 Å². The fraction of sp³-hybridized carbons (Fsp3) is 0.538. The quantitative estimate of drug-likeness (QED) is 0.860. The maximum atomic E-state index is 13.0. The molecule has 1 rings (SSSR count). The van der Waals surface area contributed by atoms with Crippen LogP contribution in [0, 0.1) is 11.6 Å². The van der Waals surface area contributed by atoms with Gasteiger partial charge >= 0.3 is 0 Å². The number of hydrogen-bond donors (Lipinski definition) is 1. The molecule has 0 radical (unpaired) electrons. The summed E-state index contributed by atoms with van der Waals surface area (Å²) in [7, 11) is 1.86. The molecule has 0 saturated carbocycles. The Labute approximate surface area is 101 Å². The van der Waals surface area contributed by atoms with Crippen molar-refractivity contribution >= 4 is 5.69 Å². The number of nitrogens with two attached hydrogens (primary N) is 1. The summed E-state index contributed by atoms with van der Waals surface area (Å²) < 4.78 is 25.8. The highest BCUT2D eigenvalue weighted by molar-refractivity contribution is 5.45. The Kier molecular flexibility index (Phi) is 4.46. The minimum absolute atomic E-state index is 0.186. The highest BCUT2D eigenvalue weighted by Crippen LogP contribution is 2.17. The second-order valence-electron chi connectivity index (χ2n) is 5.11. The minimum atomic E-state index is -0.815. The predicted octanol–water partition coefficient (Wildman–Crippen LogP) is 2.92. The van der Waals surface area contributed by atoms with Crippen LogP contribution in [0.4, 0.5) is 14.5 Å². The van der Waals surface area contributed by atoms with Crippen LogP contribution in [-0.2, 0) is 0 Å². The van der Waals surface area contributed by atoms with Crippen LogP contribution in [0.1, 0.15) is 26.7 Å². The second kappa shape index (κ2) is 5.45. The Morgan fingerprint density at radius 3 is 2.41 bits per heavy atom. The monoisotopic (exact) mass is 242 g/mol. The van der Waals surface area contributed by atoms with Crippen LogP contribution < -0.4 is 10.6 Å². The van der Waals surface area contributed by atoms with Crippen LogP contribution in [0.25, 0.3) is 0 Å². The molecule has 96 valence electrons. The predicted molar refractivity (Wildman–Crippen MR) is 67.1 cm³/mol. The molecule has 0 aliphatic carbocycles. The van der Waals surface area contributed by atoms with E-state index in [-0.39, 0.29) is 5.54 Å². The largest absolute Gasteiger partial charge is 0.375 e. The van der Waals surface area contributed by atoms with E-state index in [1.54, 1.807) is 6.07 Å². The van der Waals surface area contributed by atoms with Crippen molar-refractivity contribution in [2.24, 2.45) is 5.73 Å². The zero-order valence-electron chi connectivity index (χ0n) is 10.6. The van der Waals surface area contributed by atoms with E-state index < -0.39 is 11.6 Å². The van der Waals surface area contributed by atoms with Crippen molar-refractivity contribution in [3.05, 3.63) is 29.8 Å². The van der Waals surface area contributed by atoms with E-state index in [0.717, 1.165) is 25.5 Å². The van der Waals surface area contributed by atoms with Crippen molar-refractivity contribution in [3.8, 4) is 0 Å². The lowest BCUT2D eigenvalue weighted by Gasteiger charge is -2.23. The molecule has 0 unspecified atom stereocenters. The molecule has 0 aliphatic rings. The lowest BCUT2D eigenvalue weighted by Crippen LogP contribution is -2.33. The zero-order chi connectivity index (χ0) is 13.1. The van der Waals surface area contributed by atoms with Gasteiger partial charge in [0.05, 0.1) is 0 Å². The molecular weight excluding hydrogens is 222 g/mol. The van der Waals surface area contributed by atoms with Gasteiger partial charge in [-0.3, -0.25) is 0 Å². The first-order valence-corrected chi connectivity index (χ1v) is 5.75. The standard InChI is InChI=1S/C13H20F2N2/c1-13(2,16)7-4-8-17(3)10-5-6-11(14)12(15)9-10/h5-6,9H,4,7-8,16H2,1-3H3. The SMILES string of the molecule is CN(CCCC(C)(C)N)c1ccc(F)c(F)c1. The molecule has 1 aromatic carbocycles. The summed E-state index contributed by atoms with van der Waals surface area (Å²) in [5, 5.41) is 0. The Hall–Kier alpha value is -1.16. The maximum Gasteiger partial charge on any atom is 0.160 e. The second-order valence-corrected chi connectivity index (χ2v) is 5.11. The van der Waals surface area contributed by atoms with E-state index in [9.17, 15) is 8.78 Å². The topological polar surface area (TPSA) is 29.3 Å². The summed E-state index contributed by atoms with van der Waals surface area (Å²) in [5.41, 5.74) is 6.37. The fourth-order valence-corrected chi connectivity index (χ4v) is 1.62. The van der Waals surface area contributed by atoms with Crippen LogP contribution in [0.3, 0.4) is 0 Å². The van der Waals surface area contributed by atoms with Gasteiger partial charge in [-0.2, -0.15) is 0 Å². The summed E-state index contributed by atoms with van der Waals surface area (Å²) >= 11 is 0. The first-order valence-electron chi connectivity index (χ1n) is 5.75. The van der Waals surface area contributed by atoms with Crippen LogP contribution in [0.15, 0.2) is 18.2 Å². The normalized spacial score (nSPS) is 11.6. The highest BCUT2D eigenvalue weighted by Gasteiger charge is 2.11. The van der Waals surface area contributed by atoms with Crippen molar-refractivity contribution in [2.75, 3.05) is 18.5 Å². The molecule has 0 fully saturated rings. The average molecular weight is 242 g/mol. The summed E-state index contributed by atoms with van der Waals surface area (Å²) in [6.07, 6.45) is 1.81. The first-order chi connectivity index (χ1) is 7.79. The molecule has 0 bridgehead atoms. The Bertz CT molecular complexity index is 372. The molecule has 0 amide bonds. The molecule has 17 heavy (non-hydrogen) atoms. The smallest absolute Gasteiger partial charge is 0.160 e. The van der Waals surface area contributed by atoms with E-state index in [1.807, 2.05) is 25.8 Å². The van der Waals surface area contributed by atoms with E-state index >= 15 is 0 Å². The molecule has 1 aromatic rings. The number of hydrogen-bond acceptors (Lipinski definition) is 2. The molecule has 2 N–H and O–H groups in total. The number of benzene rings is 1. The van der Waals surface area contributed by atoms with E-state index in [1.165, 1.54) is 6.07 Å². The summed E-state index contributed by atoms with van der Waals surface area (Å²) in [6.45, 7) is 4.72. The molecule has 2 nitrogen and oxygen atoms in total. The first kappa shape index (κ1) is 13.9. The van der Waals surface area contributed by atoms with Gasteiger partial charge < -0.3 is 10.6 Å². The van der Waals surface area contributed by atoms with Crippen molar-refractivity contribution in [1.82, 2.24) is 0 Å². The third kappa shape index (κ3) is 4.69. The van der Waals surface area contributed by atoms with Crippen LogP contribution in [0.5, 0.6) is 0 Å². The van der Waals surface area contributed by atoms with Crippen LogP contribution >= 0.6 is 0 Å². The lowest BCUT2D eigenvalue weighted by molar-refractivity contribution is 0.460. The van der Waals surface area contributed by atoms with Gasteiger partial charge in [0.25, 0.3) is 0 Å². The van der Waals surface area contributed by atoms with E-state index in [4.69, 9.17) is 5.73 Å². The van der Waals surface area contributed by atoms with Gasteiger partial charge in [-0.05, 0) is 38.8 Å². The third-order valence-corrected chi connectivity index (χ3v) is 2.66. The molecule has 0 aliphatic heterocycles. The van der Waals surface area contributed by atoms with Crippen molar-refractivity contribution < 1.29 is 8.78 Å². The number of anilines is 1. The lowest BCUT2D eigenvalue weighted by atomic mass is 10.00. The molecule has 4 heteroatoms. The molecule has 0 saturated heterocycles. The molecular formula is C13H20F2N2. The number of nitrogens with zero attached hydrogens (tertiary/aromatic N) is 1. The van der Waals surface area contributed by atoms with Gasteiger partial charge in [-0.1, -0.05) is 0 Å². The third-order valence-electron chi connectivity index (χ3n) is 2.66. The minimum Gasteiger partial charge on any atom is -0.375 e. The number of halogens is 2. The Balaban J connectivity index is 2.52. The molecule has 0 spiro atoms. The maximum absolute atomic E-state index is 13.0. The van der Waals surface area contributed by atoms with Gasteiger partial charge in [0, 0.05) is 30.9 Å². The van der Waals surface area contributed by atoms with Gasteiger partial charge in [0.15, 0.2) is 11.6 Å². The van der Waals surface area contributed by atoms with Crippen LogP contribution in [-0.4, -0.2) is 19.1 Å². The molecule has 0 heterocycles. The average Bonchev–Trinajstić information content (AvgIpc) is 2.20. The van der Waals surface area contributed by atoms with Gasteiger partial charge in [-0.25, -0.2) is 8.78 Å². The van der Waals surface area contributed by atoms with Gasteiger partial charge in [0.2, 0.25) is 0 Å². The molecule has 0 atom stereocenters. The van der Waals surface area contributed by atoms with Gasteiger partial charge in [-0.15, -0.1) is 0 Å². The van der Waals surface area contributed by atoms with Gasteiger partial charge in [0.1, 0.15) is 0 Å². The van der Waals surface area contributed by atoms with Crippen LogP contribution in [0.2, 0.25) is 0 Å². The van der Waals surface area contributed by atoms with Crippen molar-refractivity contribution in [3.63, 3.8) is 0 Å². The van der Waals surface area contributed by atoms with Crippen molar-refractivity contribution in [2.45, 2.75) is 32.2 Å². The van der Waals surface area contributed by atoms with E-state index in [2.05, 4.69) is 0 Å². The fourth-order valence-electron chi connectivity index (χ4n) is 1.62. The zero-order valence-corrected chi connectivity index (χ0v) is 10.6. The summed E-state index contributed by atoms with van der Waals surface area (Å²) in [4.78, 5) is 1.90. The Morgan fingerprint density at radius 2 is 1.88 bits per heavy atom. The number of rotatable bonds is 5. The summed E-state index contributed by atoms with van der Waals surface area (Å²) in [6, 6.07) is 3.93. The Morgan fingerprint density at radius 1 is 1.24 bits per heavy atom. The van der Waals surface area contributed by atoms with Crippen molar-refractivity contribution in [1.29, 1.82) is 0 Å². The molecule has 0 aromatic heterocycles.